The van der Waals surface area contributed by atoms with E-state index in [1.807, 2.05) is 30.3 Å². The molecule has 0 spiro atoms. The number of carbonyl (C=O) groups is 2. The van der Waals surface area contributed by atoms with E-state index in [4.69, 9.17) is 4.74 Å². The largest absolute Gasteiger partial charge is 0.456 e. The van der Waals surface area contributed by atoms with E-state index in [1.54, 1.807) is 12.1 Å². The molecule has 0 unspecified atom stereocenters. The first-order chi connectivity index (χ1) is 10.6. The number of Topliss-reactive ketones (excluding diaryl/α,β-unsaturated/α-hetero) is 1. The minimum Gasteiger partial charge on any atom is -0.456 e. The van der Waals surface area contributed by atoms with Crippen molar-refractivity contribution >= 4 is 22.5 Å². The Morgan fingerprint density at radius 3 is 2.64 bits per heavy atom. The number of benzene rings is 2. The number of H-pyrrole nitrogens is 1. The van der Waals surface area contributed by atoms with Crippen LogP contribution in [0.4, 0.5) is 0 Å². The Bertz CT molecular complexity index is 852. The fourth-order valence-corrected chi connectivity index (χ4v) is 2.15. The van der Waals surface area contributed by atoms with E-state index < -0.39 is 5.97 Å². The van der Waals surface area contributed by atoms with Crippen molar-refractivity contribution in [3.63, 3.8) is 0 Å². The van der Waals surface area contributed by atoms with Crippen molar-refractivity contribution in [2.45, 2.75) is 13.5 Å². The van der Waals surface area contributed by atoms with Crippen LogP contribution in [-0.4, -0.2) is 21.7 Å². The van der Waals surface area contributed by atoms with Gasteiger partial charge >= 0.3 is 5.97 Å². The molecule has 0 amide bonds. The Hall–Kier alpha value is -2.95. The number of nitrogens with one attached hydrogen (secondary N) is 1. The lowest BCUT2D eigenvalue weighted by atomic mass is 10.1. The molecule has 0 saturated heterocycles. The Labute approximate surface area is 126 Å². The second-order valence-corrected chi connectivity index (χ2v) is 4.95. The third-order valence-electron chi connectivity index (χ3n) is 3.31. The number of ketones is 1. The van der Waals surface area contributed by atoms with E-state index in [1.165, 1.54) is 13.1 Å². The summed E-state index contributed by atoms with van der Waals surface area (Å²) in [6, 6.07) is 13.2. The monoisotopic (exact) mass is 294 g/mol. The number of rotatable bonds is 4. The number of nitrogens with zero attached hydrogens (tertiary/aromatic N) is 1. The summed E-state index contributed by atoms with van der Waals surface area (Å²) < 4.78 is 5.23. The quantitative estimate of drug-likeness (QED) is 0.592. The molecule has 3 rings (SSSR count). The van der Waals surface area contributed by atoms with Gasteiger partial charge in [0.05, 0.1) is 17.5 Å². The summed E-state index contributed by atoms with van der Waals surface area (Å²) in [5.41, 5.74) is 1.07. The summed E-state index contributed by atoms with van der Waals surface area (Å²) in [6.45, 7) is 1.47. The molecule has 0 aliphatic heterocycles. The van der Waals surface area contributed by atoms with Crippen LogP contribution in [0.1, 0.15) is 33.6 Å². The maximum absolute atomic E-state index is 12.1. The van der Waals surface area contributed by atoms with Crippen LogP contribution in [0.3, 0.4) is 0 Å². The van der Waals surface area contributed by atoms with Crippen LogP contribution in [0.5, 0.6) is 0 Å². The second-order valence-electron chi connectivity index (χ2n) is 4.95. The Balaban J connectivity index is 1.71. The van der Waals surface area contributed by atoms with Crippen molar-refractivity contribution in [3.05, 3.63) is 65.7 Å². The van der Waals surface area contributed by atoms with Crippen LogP contribution in [0.15, 0.2) is 48.7 Å². The first-order valence-electron chi connectivity index (χ1n) is 6.84. The van der Waals surface area contributed by atoms with Crippen molar-refractivity contribution in [2.75, 3.05) is 0 Å². The zero-order valence-corrected chi connectivity index (χ0v) is 12.0. The Morgan fingerprint density at radius 1 is 1.14 bits per heavy atom. The van der Waals surface area contributed by atoms with Gasteiger partial charge in [0.1, 0.15) is 6.61 Å². The molecule has 110 valence electrons. The number of esters is 1. The average Bonchev–Trinajstić information content (AvgIpc) is 3.01. The maximum atomic E-state index is 12.1. The Kier molecular flexibility index (Phi) is 3.70. The van der Waals surface area contributed by atoms with Crippen LogP contribution in [0, 0.1) is 0 Å². The highest BCUT2D eigenvalue weighted by atomic mass is 16.5. The molecular formula is C17H14N2O3. The lowest BCUT2D eigenvalue weighted by molar-refractivity contribution is 0.0468. The molecule has 0 atom stereocenters. The summed E-state index contributed by atoms with van der Waals surface area (Å²) in [4.78, 5) is 29.9. The number of aromatic nitrogens is 2. The standard InChI is InChI=1S/C17H14N2O3/c1-11(20)16-18-9-15(19-16)10-22-17(21)14-7-6-12-4-2-3-5-13(12)8-14/h2-9H,10H2,1H3,(H,18,19). The molecule has 0 aliphatic carbocycles. The van der Waals surface area contributed by atoms with Crippen molar-refractivity contribution in [3.8, 4) is 0 Å². The van der Waals surface area contributed by atoms with Gasteiger partial charge in [-0.25, -0.2) is 9.78 Å². The highest BCUT2D eigenvalue weighted by Crippen LogP contribution is 2.16. The number of aromatic amines is 1. The topological polar surface area (TPSA) is 72.0 Å². The van der Waals surface area contributed by atoms with E-state index in [0.29, 0.717) is 11.3 Å². The highest BCUT2D eigenvalue weighted by molar-refractivity contribution is 5.95. The first-order valence-corrected chi connectivity index (χ1v) is 6.84. The van der Waals surface area contributed by atoms with E-state index in [2.05, 4.69) is 9.97 Å². The molecule has 5 nitrogen and oxygen atoms in total. The van der Waals surface area contributed by atoms with E-state index in [9.17, 15) is 9.59 Å². The lowest BCUT2D eigenvalue weighted by Gasteiger charge is -2.04. The molecule has 0 bridgehead atoms. The molecule has 2 aromatic carbocycles. The fraction of sp³-hybridized carbons (Fsp3) is 0.118. The van der Waals surface area contributed by atoms with Gasteiger partial charge in [-0.05, 0) is 22.9 Å². The zero-order valence-electron chi connectivity index (χ0n) is 12.0. The molecule has 5 heteroatoms. The molecule has 22 heavy (non-hydrogen) atoms. The van der Waals surface area contributed by atoms with E-state index in [-0.39, 0.29) is 18.2 Å². The van der Waals surface area contributed by atoms with Crippen molar-refractivity contribution in [1.29, 1.82) is 0 Å². The van der Waals surface area contributed by atoms with E-state index >= 15 is 0 Å². The molecule has 0 aliphatic rings. The fourth-order valence-electron chi connectivity index (χ4n) is 2.15. The number of ether oxygens (including phenoxy) is 1. The summed E-state index contributed by atoms with van der Waals surface area (Å²) in [6.07, 6.45) is 1.49. The number of carbonyl (C=O) groups excluding carboxylic acids is 2. The third kappa shape index (κ3) is 2.88. The molecule has 0 fully saturated rings. The molecule has 1 N–H and O–H groups in total. The van der Waals surface area contributed by atoms with Crippen molar-refractivity contribution in [1.82, 2.24) is 9.97 Å². The van der Waals surface area contributed by atoms with Gasteiger partial charge in [0.25, 0.3) is 0 Å². The third-order valence-corrected chi connectivity index (χ3v) is 3.31. The SMILES string of the molecule is CC(=O)c1ncc(COC(=O)c2ccc3ccccc3c2)[nH]1. The predicted molar refractivity (Wildman–Crippen MR) is 81.7 cm³/mol. The number of imidazole rings is 1. The Morgan fingerprint density at radius 2 is 1.91 bits per heavy atom. The second kappa shape index (κ2) is 5.81. The van der Waals surface area contributed by atoms with Crippen LogP contribution in [-0.2, 0) is 11.3 Å². The minimum absolute atomic E-state index is 0.0476. The van der Waals surface area contributed by atoms with Gasteiger partial charge in [-0.15, -0.1) is 0 Å². The van der Waals surface area contributed by atoms with Crippen LogP contribution in [0.2, 0.25) is 0 Å². The smallest absolute Gasteiger partial charge is 0.338 e. The van der Waals surface area contributed by atoms with Crippen molar-refractivity contribution in [2.24, 2.45) is 0 Å². The van der Waals surface area contributed by atoms with Gasteiger partial charge in [-0.1, -0.05) is 30.3 Å². The number of hydrogen-bond donors (Lipinski definition) is 1. The van der Waals surface area contributed by atoms with Gasteiger partial charge in [-0.2, -0.15) is 0 Å². The normalized spacial score (nSPS) is 10.6. The molecule has 3 aromatic rings. The van der Waals surface area contributed by atoms with Crippen LogP contribution in [0.25, 0.3) is 10.8 Å². The van der Waals surface area contributed by atoms with E-state index in [0.717, 1.165) is 10.8 Å². The van der Waals surface area contributed by atoms with Crippen LogP contribution < -0.4 is 0 Å². The summed E-state index contributed by atoms with van der Waals surface area (Å²) >= 11 is 0. The average molecular weight is 294 g/mol. The van der Waals surface area contributed by atoms with Crippen LogP contribution >= 0.6 is 0 Å². The molecule has 0 saturated carbocycles. The summed E-state index contributed by atoms with van der Waals surface area (Å²) in [5.74, 6) is -0.311. The van der Waals surface area contributed by atoms with Gasteiger partial charge in [0.15, 0.2) is 11.6 Å². The molecule has 1 heterocycles. The zero-order chi connectivity index (χ0) is 15.5. The molecular weight excluding hydrogens is 280 g/mol. The predicted octanol–water partition coefficient (Wildman–Crippen LogP) is 3.12. The number of hydrogen-bond acceptors (Lipinski definition) is 4. The molecule has 0 radical (unpaired) electrons. The van der Waals surface area contributed by atoms with Gasteiger partial charge < -0.3 is 9.72 Å². The summed E-state index contributed by atoms with van der Waals surface area (Å²) in [7, 11) is 0. The van der Waals surface area contributed by atoms with Gasteiger partial charge in [0.2, 0.25) is 0 Å². The number of fused-ring (bicyclic) bond motifs is 1. The minimum atomic E-state index is -0.412. The highest BCUT2D eigenvalue weighted by Gasteiger charge is 2.10. The first kappa shape index (κ1) is 14.0. The lowest BCUT2D eigenvalue weighted by Crippen LogP contribution is -2.05. The molecule has 1 aromatic heterocycles. The maximum Gasteiger partial charge on any atom is 0.338 e. The van der Waals surface area contributed by atoms with Gasteiger partial charge in [-0.3, -0.25) is 4.79 Å². The summed E-state index contributed by atoms with van der Waals surface area (Å²) in [5, 5.41) is 2.05. The van der Waals surface area contributed by atoms with Crippen molar-refractivity contribution < 1.29 is 14.3 Å². The van der Waals surface area contributed by atoms with Gasteiger partial charge in [0, 0.05) is 6.92 Å².